The molecule has 7 heteroatoms. The summed E-state index contributed by atoms with van der Waals surface area (Å²) in [6.07, 6.45) is 1.33. The molecular weight excluding hydrogens is 270 g/mol. The normalized spacial score (nSPS) is 17.0. The Morgan fingerprint density at radius 3 is 2.95 bits per heavy atom. The molecule has 0 aliphatic carbocycles. The Bertz CT molecular complexity index is 722. The van der Waals surface area contributed by atoms with Crippen LogP contribution in [0.15, 0.2) is 24.5 Å². The van der Waals surface area contributed by atoms with Gasteiger partial charge in [0.05, 0.1) is 6.42 Å². The molecule has 0 unspecified atom stereocenters. The quantitative estimate of drug-likeness (QED) is 0.869. The van der Waals surface area contributed by atoms with Crippen molar-refractivity contribution in [2.75, 3.05) is 10.6 Å². The molecule has 0 bridgehead atoms. The summed E-state index contributed by atoms with van der Waals surface area (Å²) in [5, 5.41) is 9.52. The van der Waals surface area contributed by atoms with Crippen LogP contribution in [0.4, 0.5) is 11.6 Å². The number of nitrogens with one attached hydrogen (secondary N) is 2. The summed E-state index contributed by atoms with van der Waals surface area (Å²) >= 11 is 0. The van der Waals surface area contributed by atoms with E-state index in [1.54, 1.807) is 0 Å². The number of hydrogen-bond acceptors (Lipinski definition) is 5. The Labute approximate surface area is 121 Å². The van der Waals surface area contributed by atoms with E-state index < -0.39 is 6.04 Å². The number of aryl methyl sites for hydroxylation is 2. The monoisotopic (exact) mass is 285 g/mol. The number of hydrogen-bond donors (Lipinski definition) is 2. The molecule has 3 rings (SSSR count). The first kappa shape index (κ1) is 13.3. The lowest BCUT2D eigenvalue weighted by Crippen LogP contribution is -2.42. The molecule has 0 saturated carbocycles. The first-order valence-electron chi connectivity index (χ1n) is 6.62. The molecule has 2 N–H and O–H groups in total. The molecule has 1 aromatic carbocycles. The topological polar surface area (TPSA) is 88.9 Å². The van der Waals surface area contributed by atoms with Crippen LogP contribution in [0.2, 0.25) is 0 Å². The highest BCUT2D eigenvalue weighted by molar-refractivity contribution is 6.01. The largest absolute Gasteiger partial charge is 0.342 e. The second kappa shape index (κ2) is 5.01. The van der Waals surface area contributed by atoms with Crippen molar-refractivity contribution in [1.82, 2.24) is 14.8 Å². The average molecular weight is 285 g/mol. The fourth-order valence-electron chi connectivity index (χ4n) is 2.20. The van der Waals surface area contributed by atoms with Gasteiger partial charge in [-0.15, -0.1) is 0 Å². The number of nitrogens with zero attached hydrogens (tertiary/aromatic N) is 3. The van der Waals surface area contributed by atoms with E-state index in [0.717, 1.165) is 11.1 Å². The average Bonchev–Trinajstić information content (AvgIpc) is 2.92. The number of aromatic nitrogens is 3. The first-order valence-corrected chi connectivity index (χ1v) is 6.62. The van der Waals surface area contributed by atoms with Crippen LogP contribution in [0.5, 0.6) is 0 Å². The summed E-state index contributed by atoms with van der Waals surface area (Å²) < 4.78 is 1.17. The number of fused-ring (bicyclic) bond motifs is 1. The smallest absolute Gasteiger partial charge is 0.252 e. The third kappa shape index (κ3) is 2.49. The van der Waals surface area contributed by atoms with E-state index in [1.807, 2.05) is 32.0 Å². The van der Waals surface area contributed by atoms with Gasteiger partial charge >= 0.3 is 0 Å². The van der Waals surface area contributed by atoms with Crippen LogP contribution < -0.4 is 10.6 Å². The Hall–Kier alpha value is -2.70. The van der Waals surface area contributed by atoms with Crippen molar-refractivity contribution in [3.05, 3.63) is 35.7 Å². The van der Waals surface area contributed by atoms with Gasteiger partial charge in [0.15, 0.2) is 0 Å². The maximum atomic E-state index is 12.3. The predicted molar refractivity (Wildman–Crippen MR) is 77.2 cm³/mol. The van der Waals surface area contributed by atoms with E-state index in [9.17, 15) is 9.59 Å². The number of benzene rings is 1. The second-order valence-electron chi connectivity index (χ2n) is 5.08. The van der Waals surface area contributed by atoms with Gasteiger partial charge in [0.2, 0.25) is 11.9 Å². The minimum atomic E-state index is -0.643. The summed E-state index contributed by atoms with van der Waals surface area (Å²) in [6, 6.07) is 5.05. The molecule has 2 aromatic rings. The van der Waals surface area contributed by atoms with Crippen LogP contribution in [0.3, 0.4) is 0 Å². The minimum Gasteiger partial charge on any atom is -0.342 e. The maximum absolute atomic E-state index is 12.3. The Morgan fingerprint density at radius 1 is 1.38 bits per heavy atom. The second-order valence-corrected chi connectivity index (χ2v) is 5.08. The van der Waals surface area contributed by atoms with E-state index >= 15 is 0 Å². The van der Waals surface area contributed by atoms with Crippen LogP contribution in [0.1, 0.15) is 22.3 Å². The zero-order chi connectivity index (χ0) is 15.0. The van der Waals surface area contributed by atoms with Crippen molar-refractivity contribution in [2.24, 2.45) is 0 Å². The number of carbonyl (C=O) groups excluding carboxylic acids is 2. The molecule has 0 fully saturated rings. The Morgan fingerprint density at radius 2 is 2.19 bits per heavy atom. The van der Waals surface area contributed by atoms with Gasteiger partial charge in [-0.2, -0.15) is 14.8 Å². The highest BCUT2D eigenvalue weighted by atomic mass is 16.2. The van der Waals surface area contributed by atoms with E-state index in [-0.39, 0.29) is 18.2 Å². The molecule has 1 atom stereocenters. The zero-order valence-corrected chi connectivity index (χ0v) is 11.8. The molecule has 108 valence electrons. The van der Waals surface area contributed by atoms with Gasteiger partial charge in [-0.25, -0.2) is 0 Å². The highest BCUT2D eigenvalue weighted by Gasteiger charge is 2.30. The van der Waals surface area contributed by atoms with Gasteiger partial charge in [-0.05, 0) is 37.1 Å². The van der Waals surface area contributed by atoms with Crippen molar-refractivity contribution in [3.8, 4) is 0 Å². The third-order valence-corrected chi connectivity index (χ3v) is 3.56. The summed E-state index contributed by atoms with van der Waals surface area (Å²) in [6.45, 7) is 3.99. The van der Waals surface area contributed by atoms with E-state index in [1.165, 1.54) is 11.0 Å². The van der Waals surface area contributed by atoms with Crippen LogP contribution >= 0.6 is 0 Å². The molecule has 0 spiro atoms. The van der Waals surface area contributed by atoms with Crippen molar-refractivity contribution < 1.29 is 9.59 Å². The van der Waals surface area contributed by atoms with Crippen molar-refractivity contribution in [1.29, 1.82) is 0 Å². The van der Waals surface area contributed by atoms with Gasteiger partial charge in [-0.3, -0.25) is 9.59 Å². The van der Waals surface area contributed by atoms with Gasteiger partial charge in [0.25, 0.3) is 5.91 Å². The SMILES string of the molecule is Cc1ccc(NC(=O)[C@@H]2CC(=O)n3ncnc3N2)cc1C. The minimum absolute atomic E-state index is 0.0486. The van der Waals surface area contributed by atoms with Gasteiger partial charge < -0.3 is 10.6 Å². The van der Waals surface area contributed by atoms with Gasteiger partial charge in [-0.1, -0.05) is 6.07 Å². The van der Waals surface area contributed by atoms with Crippen LogP contribution in [-0.2, 0) is 4.79 Å². The van der Waals surface area contributed by atoms with Gasteiger partial charge in [0, 0.05) is 5.69 Å². The van der Waals surface area contributed by atoms with E-state index in [0.29, 0.717) is 11.6 Å². The predicted octanol–water partition coefficient (Wildman–Crippen LogP) is 1.36. The number of anilines is 2. The third-order valence-electron chi connectivity index (χ3n) is 3.56. The molecule has 2 heterocycles. The van der Waals surface area contributed by atoms with Gasteiger partial charge in [0.1, 0.15) is 12.4 Å². The Kier molecular flexibility index (Phi) is 3.17. The lowest BCUT2D eigenvalue weighted by atomic mass is 10.1. The number of carbonyl (C=O) groups is 2. The lowest BCUT2D eigenvalue weighted by Gasteiger charge is -2.22. The molecule has 1 aromatic heterocycles. The summed E-state index contributed by atoms with van der Waals surface area (Å²) in [5.74, 6) is -0.214. The van der Waals surface area contributed by atoms with Crippen molar-refractivity contribution in [3.63, 3.8) is 0 Å². The Balaban J connectivity index is 1.74. The zero-order valence-electron chi connectivity index (χ0n) is 11.8. The molecule has 0 saturated heterocycles. The van der Waals surface area contributed by atoms with Crippen LogP contribution in [-0.4, -0.2) is 32.6 Å². The highest BCUT2D eigenvalue weighted by Crippen LogP contribution is 2.18. The molecule has 1 aliphatic heterocycles. The van der Waals surface area contributed by atoms with Crippen molar-refractivity contribution >= 4 is 23.5 Å². The molecule has 7 nitrogen and oxygen atoms in total. The fraction of sp³-hybridized carbons (Fsp3) is 0.286. The number of rotatable bonds is 2. The van der Waals surface area contributed by atoms with E-state index in [4.69, 9.17) is 0 Å². The first-order chi connectivity index (χ1) is 10.0. The van der Waals surface area contributed by atoms with Crippen LogP contribution in [0, 0.1) is 13.8 Å². The molecule has 21 heavy (non-hydrogen) atoms. The molecule has 1 aliphatic rings. The van der Waals surface area contributed by atoms with E-state index in [2.05, 4.69) is 20.7 Å². The molecular formula is C14H15N5O2. The lowest BCUT2D eigenvalue weighted by molar-refractivity contribution is -0.117. The molecule has 1 amide bonds. The van der Waals surface area contributed by atoms with Crippen molar-refractivity contribution in [2.45, 2.75) is 26.3 Å². The summed E-state index contributed by atoms with van der Waals surface area (Å²) in [7, 11) is 0. The molecule has 0 radical (unpaired) electrons. The summed E-state index contributed by atoms with van der Waals surface area (Å²) in [5.41, 5.74) is 2.97. The standard InChI is InChI=1S/C14H15N5O2/c1-8-3-4-10(5-9(8)2)17-13(21)11-6-12(20)19-14(18-11)15-7-16-19/h3-5,7,11H,6H2,1-2H3,(H,17,21)(H,15,16,18)/t11-/m0/s1. The van der Waals surface area contributed by atoms with Crippen LogP contribution in [0.25, 0.3) is 0 Å². The fourth-order valence-corrected chi connectivity index (χ4v) is 2.20. The maximum Gasteiger partial charge on any atom is 0.252 e. The number of amides is 1. The summed E-state index contributed by atoms with van der Waals surface area (Å²) in [4.78, 5) is 28.0.